The number of rotatable bonds is 10. The van der Waals surface area contributed by atoms with E-state index in [-0.39, 0.29) is 24.3 Å². The Labute approximate surface area is 188 Å². The largest absolute Gasteiger partial charge is 0.366 e. The van der Waals surface area contributed by atoms with E-state index in [1.165, 1.54) is 19.2 Å². The summed E-state index contributed by atoms with van der Waals surface area (Å²) in [6.45, 7) is 1.95. The lowest BCUT2D eigenvalue weighted by molar-refractivity contribution is 0.1000. The number of nitrogens with two attached hydrogens (primary N) is 1. The monoisotopic (exact) mass is 456 g/mol. The van der Waals surface area contributed by atoms with Crippen molar-refractivity contribution in [3.63, 3.8) is 0 Å². The lowest BCUT2D eigenvalue weighted by atomic mass is 9.92. The summed E-state index contributed by atoms with van der Waals surface area (Å²) in [5, 5.41) is 8.75. The third-order valence-corrected chi connectivity index (χ3v) is 7.23. The van der Waals surface area contributed by atoms with Crippen molar-refractivity contribution in [3.8, 4) is 11.8 Å². The summed E-state index contributed by atoms with van der Waals surface area (Å²) < 4.78 is 27.3. The number of hydroxylamine groups is 1. The molecule has 2 rings (SSSR count). The Morgan fingerprint density at radius 2 is 1.62 bits per heavy atom. The van der Waals surface area contributed by atoms with E-state index in [9.17, 15) is 18.0 Å². The fourth-order valence-corrected chi connectivity index (χ4v) is 4.68. The summed E-state index contributed by atoms with van der Waals surface area (Å²) in [5.74, 6) is 5.36. The summed E-state index contributed by atoms with van der Waals surface area (Å²) in [4.78, 5) is 22.9. The van der Waals surface area contributed by atoms with Gasteiger partial charge in [0.2, 0.25) is 22.2 Å². The molecular formula is C23H26N3O5S. The van der Waals surface area contributed by atoms with Gasteiger partial charge >= 0.3 is 0 Å². The van der Waals surface area contributed by atoms with Crippen molar-refractivity contribution in [2.24, 2.45) is 5.73 Å². The number of hydrogen-bond donors (Lipinski definition) is 3. The molecule has 0 fully saturated rings. The SMILES string of the molecule is CC[C@@]([C]=O)(CCCNO)N(C)S(=O)(=O)c1ccc(C#Cc2ccc(C(N)=O)cc2)cc1. The highest BCUT2D eigenvalue weighted by molar-refractivity contribution is 7.89. The lowest BCUT2D eigenvalue weighted by Gasteiger charge is -2.35. The zero-order valence-corrected chi connectivity index (χ0v) is 18.8. The minimum atomic E-state index is -3.96. The Kier molecular flexibility index (Phi) is 8.69. The number of carbonyl (C=O) groups is 1. The Hall–Kier alpha value is -3.03. The Morgan fingerprint density at radius 1 is 1.09 bits per heavy atom. The standard InChI is InChI=1S/C23H26N3O5S/c1-3-23(17-27,15-4-16-25-29)26(2)32(30,31)21-13-9-19(10-14-21)6-5-18-7-11-20(12-8-18)22(24)28/h7-14,25,29H,3-4,15-16H2,1-2H3,(H2,24,28)/t23-/m0/s1. The van der Waals surface area contributed by atoms with Crippen LogP contribution in [0.25, 0.3) is 0 Å². The van der Waals surface area contributed by atoms with E-state index in [0.717, 1.165) is 4.31 Å². The number of amides is 1. The maximum absolute atomic E-state index is 13.1. The molecule has 0 unspecified atom stereocenters. The fraction of sp³-hybridized carbons (Fsp3) is 0.304. The van der Waals surface area contributed by atoms with Crippen molar-refractivity contribution in [3.05, 3.63) is 65.2 Å². The lowest BCUT2D eigenvalue weighted by Crippen LogP contribution is -2.50. The predicted octanol–water partition coefficient (Wildman–Crippen LogP) is 1.82. The molecule has 0 aliphatic carbocycles. The molecule has 0 aromatic heterocycles. The first kappa shape index (κ1) is 25.2. The fourth-order valence-electron chi connectivity index (χ4n) is 3.16. The molecule has 1 radical (unpaired) electrons. The highest BCUT2D eigenvalue weighted by Crippen LogP contribution is 2.28. The van der Waals surface area contributed by atoms with Gasteiger partial charge in [-0.25, -0.2) is 13.9 Å². The molecule has 0 aliphatic rings. The van der Waals surface area contributed by atoms with Gasteiger partial charge in [0.1, 0.15) is 5.54 Å². The minimum absolute atomic E-state index is 0.0321. The van der Waals surface area contributed by atoms with Gasteiger partial charge in [-0.2, -0.15) is 4.31 Å². The van der Waals surface area contributed by atoms with Crippen LogP contribution in [0.3, 0.4) is 0 Å². The summed E-state index contributed by atoms with van der Waals surface area (Å²) in [6.07, 6.45) is 2.76. The first-order valence-corrected chi connectivity index (χ1v) is 11.4. The van der Waals surface area contributed by atoms with Crippen LogP contribution in [0.2, 0.25) is 0 Å². The summed E-state index contributed by atoms with van der Waals surface area (Å²) in [6, 6.07) is 12.6. The number of likely N-dealkylation sites (N-methyl/N-ethyl adjacent to an activating group) is 1. The van der Waals surface area contributed by atoms with Crippen LogP contribution in [-0.2, 0) is 14.8 Å². The third-order valence-electron chi connectivity index (χ3n) is 5.29. The maximum atomic E-state index is 13.1. The normalized spacial score (nSPS) is 13.1. The highest BCUT2D eigenvalue weighted by Gasteiger charge is 2.40. The second kappa shape index (κ2) is 11.0. The molecule has 0 aliphatic heterocycles. The molecule has 169 valence electrons. The molecule has 0 heterocycles. The molecule has 1 amide bonds. The average molecular weight is 457 g/mol. The van der Waals surface area contributed by atoms with Crippen molar-refractivity contribution in [1.82, 2.24) is 9.79 Å². The van der Waals surface area contributed by atoms with Crippen molar-refractivity contribution < 1.29 is 23.2 Å². The van der Waals surface area contributed by atoms with Crippen LogP contribution in [0.5, 0.6) is 0 Å². The molecule has 4 N–H and O–H groups in total. The second-order valence-electron chi connectivity index (χ2n) is 7.19. The van der Waals surface area contributed by atoms with Gasteiger partial charge in [-0.3, -0.25) is 9.59 Å². The van der Waals surface area contributed by atoms with E-state index in [4.69, 9.17) is 10.9 Å². The van der Waals surface area contributed by atoms with Gasteiger partial charge < -0.3 is 10.9 Å². The minimum Gasteiger partial charge on any atom is -0.366 e. The first-order chi connectivity index (χ1) is 15.2. The molecule has 0 bridgehead atoms. The van der Waals surface area contributed by atoms with Gasteiger partial charge in [0.05, 0.1) is 4.90 Å². The van der Waals surface area contributed by atoms with Gasteiger partial charge in [-0.05, 0) is 67.8 Å². The smallest absolute Gasteiger partial charge is 0.248 e. The summed E-state index contributed by atoms with van der Waals surface area (Å²) >= 11 is 0. The molecule has 8 nitrogen and oxygen atoms in total. The number of nitrogens with zero attached hydrogens (tertiary/aromatic N) is 1. The van der Waals surface area contributed by atoms with Crippen LogP contribution in [-0.4, -0.2) is 49.3 Å². The van der Waals surface area contributed by atoms with E-state index >= 15 is 0 Å². The topological polar surface area (TPSA) is 130 Å². The first-order valence-electron chi connectivity index (χ1n) is 9.97. The molecule has 0 spiro atoms. The zero-order valence-electron chi connectivity index (χ0n) is 18.0. The van der Waals surface area contributed by atoms with Crippen molar-refractivity contribution in [2.45, 2.75) is 36.6 Å². The third kappa shape index (κ3) is 5.81. The Balaban J connectivity index is 2.23. The molecular weight excluding hydrogens is 430 g/mol. The molecule has 32 heavy (non-hydrogen) atoms. The van der Waals surface area contributed by atoms with Crippen LogP contribution < -0.4 is 11.2 Å². The number of carbonyl (C=O) groups excluding carboxylic acids is 2. The summed E-state index contributed by atoms with van der Waals surface area (Å²) in [7, 11) is -2.60. The van der Waals surface area contributed by atoms with E-state index in [1.807, 2.05) is 11.8 Å². The van der Waals surface area contributed by atoms with Gasteiger partial charge in [0, 0.05) is 30.3 Å². The number of benzene rings is 2. The van der Waals surface area contributed by atoms with Crippen LogP contribution in [0, 0.1) is 11.8 Å². The molecule has 0 saturated carbocycles. The number of hydrogen-bond acceptors (Lipinski definition) is 6. The van der Waals surface area contributed by atoms with E-state index in [2.05, 4.69) is 11.8 Å². The van der Waals surface area contributed by atoms with Crippen molar-refractivity contribution >= 4 is 22.2 Å². The zero-order chi connectivity index (χ0) is 23.8. The van der Waals surface area contributed by atoms with Crippen LogP contribution >= 0.6 is 0 Å². The van der Waals surface area contributed by atoms with Gasteiger partial charge in [0.25, 0.3) is 0 Å². The molecule has 0 saturated heterocycles. The quantitative estimate of drug-likeness (QED) is 0.284. The molecule has 2 aromatic carbocycles. The van der Waals surface area contributed by atoms with Crippen LogP contribution in [0.1, 0.15) is 47.7 Å². The van der Waals surface area contributed by atoms with Crippen LogP contribution in [0.15, 0.2) is 53.4 Å². The summed E-state index contributed by atoms with van der Waals surface area (Å²) in [5.41, 5.74) is 7.55. The molecule has 2 aromatic rings. The van der Waals surface area contributed by atoms with E-state index in [1.54, 1.807) is 43.3 Å². The number of nitrogens with one attached hydrogen (secondary N) is 1. The van der Waals surface area contributed by atoms with Gasteiger partial charge in [0.15, 0.2) is 0 Å². The van der Waals surface area contributed by atoms with Crippen LogP contribution in [0.4, 0.5) is 0 Å². The maximum Gasteiger partial charge on any atom is 0.248 e. The molecule has 1 atom stereocenters. The van der Waals surface area contributed by atoms with Gasteiger partial charge in [-0.1, -0.05) is 18.8 Å². The predicted molar refractivity (Wildman–Crippen MR) is 120 cm³/mol. The highest BCUT2D eigenvalue weighted by atomic mass is 32.2. The van der Waals surface area contributed by atoms with E-state index < -0.39 is 21.5 Å². The number of primary amides is 1. The Morgan fingerprint density at radius 3 is 2.06 bits per heavy atom. The average Bonchev–Trinajstić information content (AvgIpc) is 2.81. The van der Waals surface area contributed by atoms with Crippen molar-refractivity contribution in [1.29, 1.82) is 0 Å². The van der Waals surface area contributed by atoms with E-state index in [0.29, 0.717) is 23.1 Å². The van der Waals surface area contributed by atoms with Crippen molar-refractivity contribution in [2.75, 3.05) is 13.6 Å². The Bertz CT molecular complexity index is 1100. The number of sulfonamides is 1. The molecule has 9 heteroatoms. The second-order valence-corrected chi connectivity index (χ2v) is 9.16. The van der Waals surface area contributed by atoms with Gasteiger partial charge in [-0.15, -0.1) is 0 Å².